The summed E-state index contributed by atoms with van der Waals surface area (Å²) in [6.45, 7) is 1.88. The number of aromatic nitrogens is 2. The Morgan fingerprint density at radius 3 is 2.41 bits per heavy atom. The SMILES string of the molecule is CCS(=O)(=O)Nc1ccc(CCNC(=O)c2ccnc(Nc3ccc(F)c(F)c3)n2)cc1. The second-order valence-corrected chi connectivity index (χ2v) is 8.74. The predicted molar refractivity (Wildman–Crippen MR) is 117 cm³/mol. The molecule has 0 unspecified atom stereocenters. The van der Waals surface area contributed by atoms with E-state index in [1.807, 2.05) is 0 Å². The molecule has 0 fully saturated rings. The summed E-state index contributed by atoms with van der Waals surface area (Å²) in [5.41, 5.74) is 1.73. The summed E-state index contributed by atoms with van der Waals surface area (Å²) in [5.74, 6) is -2.36. The minimum atomic E-state index is -3.33. The Morgan fingerprint density at radius 1 is 1.00 bits per heavy atom. The normalized spacial score (nSPS) is 11.1. The van der Waals surface area contributed by atoms with Gasteiger partial charge in [-0.25, -0.2) is 27.2 Å². The molecule has 1 heterocycles. The van der Waals surface area contributed by atoms with Gasteiger partial charge in [-0.1, -0.05) is 12.1 Å². The Hall–Kier alpha value is -3.60. The number of amides is 1. The molecular formula is C21H21F2N5O3S. The Kier molecular flexibility index (Phi) is 7.31. The number of halogens is 2. The minimum absolute atomic E-state index is 0.0121. The molecule has 32 heavy (non-hydrogen) atoms. The molecule has 2 aromatic carbocycles. The highest BCUT2D eigenvalue weighted by Gasteiger charge is 2.10. The average molecular weight is 461 g/mol. The van der Waals surface area contributed by atoms with Crippen LogP contribution >= 0.6 is 0 Å². The monoisotopic (exact) mass is 461 g/mol. The Bertz CT molecular complexity index is 1200. The van der Waals surface area contributed by atoms with Gasteiger partial charge in [0.25, 0.3) is 5.91 Å². The number of nitrogens with one attached hydrogen (secondary N) is 3. The fourth-order valence-electron chi connectivity index (χ4n) is 2.65. The van der Waals surface area contributed by atoms with E-state index >= 15 is 0 Å². The lowest BCUT2D eigenvalue weighted by atomic mass is 10.1. The van der Waals surface area contributed by atoms with Crippen LogP contribution in [0.15, 0.2) is 54.7 Å². The van der Waals surface area contributed by atoms with Crippen molar-refractivity contribution in [3.63, 3.8) is 0 Å². The number of nitrogens with zero attached hydrogens (tertiary/aromatic N) is 2. The van der Waals surface area contributed by atoms with Gasteiger partial charge < -0.3 is 10.6 Å². The number of hydrogen-bond acceptors (Lipinski definition) is 6. The third kappa shape index (κ3) is 6.45. The highest BCUT2D eigenvalue weighted by molar-refractivity contribution is 7.92. The zero-order valence-corrected chi connectivity index (χ0v) is 17.9. The smallest absolute Gasteiger partial charge is 0.270 e. The van der Waals surface area contributed by atoms with Crippen LogP contribution in [0.5, 0.6) is 0 Å². The largest absolute Gasteiger partial charge is 0.350 e. The number of sulfonamides is 1. The fourth-order valence-corrected chi connectivity index (χ4v) is 3.29. The van der Waals surface area contributed by atoms with Crippen LogP contribution in [0.25, 0.3) is 0 Å². The van der Waals surface area contributed by atoms with Gasteiger partial charge in [0.2, 0.25) is 16.0 Å². The molecule has 0 saturated heterocycles. The second-order valence-electron chi connectivity index (χ2n) is 6.73. The fraction of sp³-hybridized carbons (Fsp3) is 0.190. The summed E-state index contributed by atoms with van der Waals surface area (Å²) in [6, 6.07) is 11.6. The summed E-state index contributed by atoms with van der Waals surface area (Å²) < 4.78 is 52.0. The average Bonchev–Trinajstić information content (AvgIpc) is 2.77. The summed E-state index contributed by atoms with van der Waals surface area (Å²) >= 11 is 0. The highest BCUT2D eigenvalue weighted by Crippen LogP contribution is 2.16. The first-order chi connectivity index (χ1) is 15.3. The molecule has 0 aliphatic carbocycles. The van der Waals surface area contributed by atoms with E-state index in [9.17, 15) is 22.0 Å². The van der Waals surface area contributed by atoms with Crippen LogP contribution < -0.4 is 15.4 Å². The lowest BCUT2D eigenvalue weighted by Crippen LogP contribution is -2.26. The molecule has 3 aromatic rings. The standard InChI is InChI=1S/C21H21F2N5O3S/c1-2-32(30,31)28-15-5-3-14(4-6-15)9-11-24-20(29)19-10-12-25-21(27-19)26-16-7-8-17(22)18(23)13-16/h3-8,10,12-13,28H,2,9,11H2,1H3,(H,24,29)(H,25,26,27). The maximum atomic E-state index is 13.3. The van der Waals surface area contributed by atoms with Crippen molar-refractivity contribution in [3.8, 4) is 0 Å². The van der Waals surface area contributed by atoms with E-state index in [0.29, 0.717) is 18.7 Å². The van der Waals surface area contributed by atoms with Gasteiger partial charge in [-0.3, -0.25) is 9.52 Å². The Balaban J connectivity index is 1.54. The molecule has 168 valence electrons. The van der Waals surface area contributed by atoms with Gasteiger partial charge in [0.15, 0.2) is 11.6 Å². The lowest BCUT2D eigenvalue weighted by Gasteiger charge is -2.09. The van der Waals surface area contributed by atoms with Crippen molar-refractivity contribution in [2.75, 3.05) is 22.3 Å². The van der Waals surface area contributed by atoms with Crippen LogP contribution in [0.2, 0.25) is 0 Å². The van der Waals surface area contributed by atoms with Gasteiger partial charge in [0.1, 0.15) is 5.69 Å². The topological polar surface area (TPSA) is 113 Å². The number of rotatable bonds is 9. The van der Waals surface area contributed by atoms with Crippen LogP contribution in [-0.4, -0.2) is 36.6 Å². The Labute approximate surface area is 184 Å². The molecule has 3 rings (SSSR count). The Morgan fingerprint density at radius 2 is 1.72 bits per heavy atom. The quantitative estimate of drug-likeness (QED) is 0.451. The molecule has 0 spiro atoms. The molecule has 3 N–H and O–H groups in total. The summed E-state index contributed by atoms with van der Waals surface area (Å²) in [5, 5.41) is 5.46. The van der Waals surface area contributed by atoms with Crippen LogP contribution in [0.1, 0.15) is 23.0 Å². The van der Waals surface area contributed by atoms with Crippen molar-refractivity contribution in [2.45, 2.75) is 13.3 Å². The molecule has 8 nitrogen and oxygen atoms in total. The molecule has 0 aliphatic heterocycles. The van der Waals surface area contributed by atoms with E-state index in [4.69, 9.17) is 0 Å². The van der Waals surface area contributed by atoms with Crippen molar-refractivity contribution < 1.29 is 22.0 Å². The van der Waals surface area contributed by atoms with Crippen molar-refractivity contribution in [2.24, 2.45) is 0 Å². The van der Waals surface area contributed by atoms with Crippen molar-refractivity contribution in [1.82, 2.24) is 15.3 Å². The molecule has 11 heteroatoms. The summed E-state index contributed by atoms with van der Waals surface area (Å²) in [6.07, 6.45) is 1.90. The second kappa shape index (κ2) is 10.1. The molecule has 0 bridgehead atoms. The van der Waals surface area contributed by atoms with E-state index in [1.165, 1.54) is 18.3 Å². The van der Waals surface area contributed by atoms with Gasteiger partial charge in [-0.15, -0.1) is 0 Å². The molecule has 0 aliphatic rings. The van der Waals surface area contributed by atoms with Gasteiger partial charge in [0, 0.05) is 30.2 Å². The van der Waals surface area contributed by atoms with Crippen LogP contribution in [-0.2, 0) is 16.4 Å². The third-order valence-corrected chi connectivity index (χ3v) is 5.68. The van der Waals surface area contributed by atoms with Crippen molar-refractivity contribution in [1.29, 1.82) is 0 Å². The molecular weight excluding hydrogens is 440 g/mol. The molecule has 0 saturated carbocycles. The number of benzene rings is 2. The van der Waals surface area contributed by atoms with Gasteiger partial charge in [-0.2, -0.15) is 0 Å². The zero-order chi connectivity index (χ0) is 23.1. The number of carbonyl (C=O) groups excluding carboxylic acids is 1. The van der Waals surface area contributed by atoms with Crippen molar-refractivity contribution in [3.05, 3.63) is 77.6 Å². The number of carbonyl (C=O) groups is 1. The van der Waals surface area contributed by atoms with Crippen LogP contribution in [0, 0.1) is 11.6 Å². The zero-order valence-electron chi connectivity index (χ0n) is 17.1. The molecule has 0 atom stereocenters. The van der Waals surface area contributed by atoms with E-state index in [2.05, 4.69) is 25.3 Å². The summed E-state index contributed by atoms with van der Waals surface area (Å²) in [4.78, 5) is 20.4. The lowest BCUT2D eigenvalue weighted by molar-refractivity contribution is 0.0949. The number of hydrogen-bond donors (Lipinski definition) is 3. The maximum absolute atomic E-state index is 13.3. The molecule has 0 radical (unpaired) electrons. The van der Waals surface area contributed by atoms with E-state index in [-0.39, 0.29) is 23.1 Å². The maximum Gasteiger partial charge on any atom is 0.270 e. The third-order valence-electron chi connectivity index (χ3n) is 4.37. The highest BCUT2D eigenvalue weighted by atomic mass is 32.2. The van der Waals surface area contributed by atoms with E-state index in [0.717, 1.165) is 17.7 Å². The first kappa shape index (κ1) is 23.1. The van der Waals surface area contributed by atoms with E-state index in [1.54, 1.807) is 31.2 Å². The van der Waals surface area contributed by atoms with E-state index < -0.39 is 27.6 Å². The van der Waals surface area contributed by atoms with Gasteiger partial charge in [0.05, 0.1) is 5.75 Å². The predicted octanol–water partition coefficient (Wildman–Crippen LogP) is 3.23. The summed E-state index contributed by atoms with van der Waals surface area (Å²) in [7, 11) is -3.33. The van der Waals surface area contributed by atoms with Crippen LogP contribution in [0.4, 0.5) is 26.1 Å². The number of anilines is 3. The van der Waals surface area contributed by atoms with Gasteiger partial charge in [-0.05, 0) is 49.2 Å². The first-order valence-corrected chi connectivity index (χ1v) is 11.3. The first-order valence-electron chi connectivity index (χ1n) is 9.68. The van der Waals surface area contributed by atoms with Gasteiger partial charge >= 0.3 is 0 Å². The molecule has 1 amide bonds. The minimum Gasteiger partial charge on any atom is -0.350 e. The van der Waals surface area contributed by atoms with Crippen molar-refractivity contribution >= 4 is 33.3 Å². The van der Waals surface area contributed by atoms with Crippen LogP contribution in [0.3, 0.4) is 0 Å². The molecule has 1 aromatic heterocycles.